The van der Waals surface area contributed by atoms with Gasteiger partial charge in [-0.1, -0.05) is 23.4 Å². The zero-order valence-corrected chi connectivity index (χ0v) is 16.5. The Kier molecular flexibility index (Phi) is 6.19. The van der Waals surface area contributed by atoms with Gasteiger partial charge in [-0.15, -0.1) is 5.10 Å². The van der Waals surface area contributed by atoms with Crippen molar-refractivity contribution in [1.29, 1.82) is 0 Å². The zero-order valence-electron chi connectivity index (χ0n) is 16.5. The summed E-state index contributed by atoms with van der Waals surface area (Å²) in [6.45, 7) is 3.74. The average Bonchev–Trinajstić information content (AvgIpc) is 3.13. The van der Waals surface area contributed by atoms with E-state index in [9.17, 15) is 9.59 Å². The Bertz CT molecular complexity index is 1050. The summed E-state index contributed by atoms with van der Waals surface area (Å²) in [7, 11) is 1.58. The molecule has 3 rings (SSSR count). The molecule has 0 aliphatic heterocycles. The van der Waals surface area contributed by atoms with Gasteiger partial charge in [-0.25, -0.2) is 9.48 Å². The lowest BCUT2D eigenvalue weighted by Crippen LogP contribution is -2.08. The summed E-state index contributed by atoms with van der Waals surface area (Å²) in [4.78, 5) is 24.5. The van der Waals surface area contributed by atoms with Crippen molar-refractivity contribution in [1.82, 2.24) is 15.0 Å². The van der Waals surface area contributed by atoms with Crippen LogP contribution in [-0.4, -0.2) is 40.5 Å². The van der Waals surface area contributed by atoms with Crippen molar-refractivity contribution in [2.75, 3.05) is 13.7 Å². The van der Waals surface area contributed by atoms with E-state index in [0.29, 0.717) is 22.7 Å². The quantitative estimate of drug-likeness (QED) is 0.347. The van der Waals surface area contributed by atoms with Gasteiger partial charge < -0.3 is 9.47 Å². The predicted octanol–water partition coefficient (Wildman–Crippen LogP) is 3.66. The molecule has 1 heterocycles. The van der Waals surface area contributed by atoms with Crippen LogP contribution in [0.3, 0.4) is 0 Å². The highest BCUT2D eigenvalue weighted by Gasteiger charge is 2.19. The molecule has 0 saturated heterocycles. The number of carbonyl (C=O) groups is 2. The van der Waals surface area contributed by atoms with Gasteiger partial charge in [-0.2, -0.15) is 0 Å². The van der Waals surface area contributed by atoms with Gasteiger partial charge in [0.15, 0.2) is 11.5 Å². The largest absolute Gasteiger partial charge is 0.497 e. The molecule has 0 radical (unpaired) electrons. The average molecular weight is 391 g/mol. The number of rotatable bonds is 7. The van der Waals surface area contributed by atoms with E-state index >= 15 is 0 Å². The van der Waals surface area contributed by atoms with Crippen LogP contribution in [0.4, 0.5) is 0 Å². The highest BCUT2D eigenvalue weighted by Crippen LogP contribution is 2.19. The molecule has 0 spiro atoms. The van der Waals surface area contributed by atoms with E-state index in [1.165, 1.54) is 6.08 Å². The van der Waals surface area contributed by atoms with Gasteiger partial charge in [0, 0.05) is 11.1 Å². The zero-order chi connectivity index (χ0) is 20.8. The van der Waals surface area contributed by atoms with E-state index in [1.54, 1.807) is 56.0 Å². The lowest BCUT2D eigenvalue weighted by atomic mass is 10.1. The van der Waals surface area contributed by atoms with E-state index in [0.717, 1.165) is 5.56 Å². The summed E-state index contributed by atoms with van der Waals surface area (Å²) in [5, 5.41) is 8.03. The first-order valence-corrected chi connectivity index (χ1v) is 9.10. The molecular formula is C22H21N3O4. The second kappa shape index (κ2) is 8.97. The Hall–Kier alpha value is -3.74. The molecule has 7 nitrogen and oxygen atoms in total. The molecule has 2 aromatic carbocycles. The van der Waals surface area contributed by atoms with E-state index in [2.05, 4.69) is 10.3 Å². The van der Waals surface area contributed by atoms with Crippen molar-refractivity contribution in [2.45, 2.75) is 13.8 Å². The molecule has 0 bridgehead atoms. The molecule has 1 aromatic heterocycles. The van der Waals surface area contributed by atoms with E-state index in [-0.39, 0.29) is 18.1 Å². The first kappa shape index (κ1) is 20.0. The fourth-order valence-electron chi connectivity index (χ4n) is 2.78. The van der Waals surface area contributed by atoms with Gasteiger partial charge in [-0.3, -0.25) is 4.79 Å². The smallest absolute Gasteiger partial charge is 0.360 e. The number of hydrogen-bond acceptors (Lipinski definition) is 6. The van der Waals surface area contributed by atoms with Gasteiger partial charge in [0.2, 0.25) is 0 Å². The molecule has 0 saturated carbocycles. The van der Waals surface area contributed by atoms with Crippen LogP contribution >= 0.6 is 0 Å². The molecule has 148 valence electrons. The third-order valence-electron chi connectivity index (χ3n) is 4.32. The number of ketones is 1. The topological polar surface area (TPSA) is 83.3 Å². The van der Waals surface area contributed by atoms with Crippen LogP contribution in [0, 0.1) is 6.92 Å². The summed E-state index contributed by atoms with van der Waals surface area (Å²) in [6, 6.07) is 14.3. The Balaban J connectivity index is 1.88. The number of methoxy groups -OCH3 is 1. The number of allylic oxidation sites excluding steroid dienone is 1. The number of para-hydroxylation sites is 1. The molecular weight excluding hydrogens is 370 g/mol. The number of hydrogen-bond donors (Lipinski definition) is 0. The number of benzene rings is 2. The van der Waals surface area contributed by atoms with Gasteiger partial charge in [0.1, 0.15) is 5.75 Å². The highest BCUT2D eigenvalue weighted by atomic mass is 16.5. The SMILES string of the molecule is CCOC(=O)c1nnn(-c2ccccc2/C=C/C(=O)c2ccc(OC)cc2)c1C. The monoisotopic (exact) mass is 391 g/mol. The summed E-state index contributed by atoms with van der Waals surface area (Å²) in [5.41, 5.74) is 2.75. The van der Waals surface area contributed by atoms with Crippen molar-refractivity contribution in [3.8, 4) is 11.4 Å². The van der Waals surface area contributed by atoms with Crippen molar-refractivity contribution < 1.29 is 19.1 Å². The molecule has 29 heavy (non-hydrogen) atoms. The van der Waals surface area contributed by atoms with Gasteiger partial charge in [-0.05, 0) is 56.3 Å². The number of aromatic nitrogens is 3. The molecule has 0 atom stereocenters. The molecule has 0 N–H and O–H groups in total. The Morgan fingerprint density at radius 2 is 1.83 bits per heavy atom. The minimum absolute atomic E-state index is 0.134. The number of nitrogens with zero attached hydrogens (tertiary/aromatic N) is 3. The Morgan fingerprint density at radius 1 is 1.10 bits per heavy atom. The molecule has 0 aliphatic rings. The number of carbonyl (C=O) groups excluding carboxylic acids is 2. The fraction of sp³-hybridized carbons (Fsp3) is 0.182. The van der Waals surface area contributed by atoms with E-state index < -0.39 is 5.97 Å². The molecule has 0 amide bonds. The summed E-state index contributed by atoms with van der Waals surface area (Å²) in [5.74, 6) is 0.0406. The summed E-state index contributed by atoms with van der Waals surface area (Å²) in [6.07, 6.45) is 3.21. The van der Waals surface area contributed by atoms with Gasteiger partial charge in [0.25, 0.3) is 0 Å². The van der Waals surface area contributed by atoms with Crippen molar-refractivity contribution >= 4 is 17.8 Å². The van der Waals surface area contributed by atoms with Gasteiger partial charge in [0.05, 0.1) is 25.1 Å². The van der Waals surface area contributed by atoms with E-state index in [4.69, 9.17) is 9.47 Å². The van der Waals surface area contributed by atoms with Crippen LogP contribution in [0.2, 0.25) is 0 Å². The Morgan fingerprint density at radius 3 is 2.52 bits per heavy atom. The summed E-state index contributed by atoms with van der Waals surface area (Å²) < 4.78 is 11.7. The van der Waals surface area contributed by atoms with Crippen LogP contribution < -0.4 is 4.74 Å². The molecule has 0 aliphatic carbocycles. The lowest BCUT2D eigenvalue weighted by Gasteiger charge is -2.07. The number of ether oxygens (including phenoxy) is 2. The van der Waals surface area contributed by atoms with Gasteiger partial charge >= 0.3 is 5.97 Å². The van der Waals surface area contributed by atoms with Crippen LogP contribution in [-0.2, 0) is 4.74 Å². The van der Waals surface area contributed by atoms with Crippen LogP contribution in [0.5, 0.6) is 5.75 Å². The molecule has 0 unspecified atom stereocenters. The second-order valence-corrected chi connectivity index (χ2v) is 6.14. The highest BCUT2D eigenvalue weighted by molar-refractivity contribution is 6.07. The van der Waals surface area contributed by atoms with E-state index in [1.807, 2.05) is 24.3 Å². The molecule has 7 heteroatoms. The first-order valence-electron chi connectivity index (χ1n) is 9.10. The lowest BCUT2D eigenvalue weighted by molar-refractivity contribution is 0.0518. The third-order valence-corrected chi connectivity index (χ3v) is 4.32. The minimum Gasteiger partial charge on any atom is -0.497 e. The minimum atomic E-state index is -0.515. The Labute approximate surface area is 168 Å². The van der Waals surface area contributed by atoms with Crippen molar-refractivity contribution in [3.05, 3.63) is 77.1 Å². The van der Waals surface area contributed by atoms with Crippen LogP contribution in [0.25, 0.3) is 11.8 Å². The summed E-state index contributed by atoms with van der Waals surface area (Å²) >= 11 is 0. The van der Waals surface area contributed by atoms with Crippen molar-refractivity contribution in [2.24, 2.45) is 0 Å². The standard InChI is InChI=1S/C22H21N3O4/c1-4-29-22(27)21-15(2)25(24-23-21)19-8-6-5-7-16(19)11-14-20(26)17-9-12-18(28-3)13-10-17/h5-14H,4H2,1-3H3/b14-11+. The molecule has 0 fully saturated rings. The van der Waals surface area contributed by atoms with Crippen LogP contribution in [0.1, 0.15) is 39.0 Å². The predicted molar refractivity (Wildman–Crippen MR) is 108 cm³/mol. The van der Waals surface area contributed by atoms with Crippen molar-refractivity contribution in [3.63, 3.8) is 0 Å². The number of esters is 1. The maximum atomic E-state index is 12.5. The maximum Gasteiger partial charge on any atom is 0.360 e. The fourth-order valence-corrected chi connectivity index (χ4v) is 2.78. The second-order valence-electron chi connectivity index (χ2n) is 6.14. The maximum absolute atomic E-state index is 12.5. The third kappa shape index (κ3) is 4.40. The molecule has 3 aromatic rings. The van der Waals surface area contributed by atoms with Crippen LogP contribution in [0.15, 0.2) is 54.6 Å². The first-order chi connectivity index (χ1) is 14.0. The normalized spacial score (nSPS) is 10.9.